The molecule has 9 heteroatoms. The second-order valence-electron chi connectivity index (χ2n) is 8.21. The largest absolute Gasteiger partial charge is 0.497 e. The minimum atomic E-state index is -0.298. The van der Waals surface area contributed by atoms with E-state index in [1.54, 1.807) is 7.11 Å². The van der Waals surface area contributed by atoms with E-state index in [0.717, 1.165) is 41.8 Å². The lowest BCUT2D eigenvalue weighted by Crippen LogP contribution is -2.32. The van der Waals surface area contributed by atoms with Gasteiger partial charge in [0.25, 0.3) is 0 Å². The summed E-state index contributed by atoms with van der Waals surface area (Å²) >= 11 is 1.32. The van der Waals surface area contributed by atoms with Gasteiger partial charge in [-0.25, -0.2) is 0 Å². The van der Waals surface area contributed by atoms with Crippen LogP contribution in [0, 0.1) is 6.92 Å². The van der Waals surface area contributed by atoms with Crippen molar-refractivity contribution in [2.45, 2.75) is 44.8 Å². The summed E-state index contributed by atoms with van der Waals surface area (Å²) in [6.45, 7) is 4.41. The van der Waals surface area contributed by atoms with E-state index < -0.39 is 0 Å². The van der Waals surface area contributed by atoms with Gasteiger partial charge >= 0.3 is 0 Å². The molecule has 0 fully saturated rings. The number of nitrogens with zero attached hydrogens (tertiary/aromatic N) is 2. The number of carbonyl (C=O) groups is 2. The van der Waals surface area contributed by atoms with Gasteiger partial charge in [-0.1, -0.05) is 29.3 Å². The van der Waals surface area contributed by atoms with Crippen LogP contribution in [0.25, 0.3) is 11.4 Å². The van der Waals surface area contributed by atoms with Crippen LogP contribution in [0.2, 0.25) is 0 Å². The Labute approximate surface area is 210 Å². The molecule has 0 radical (unpaired) electrons. The van der Waals surface area contributed by atoms with Crippen molar-refractivity contribution in [1.82, 2.24) is 15.5 Å². The summed E-state index contributed by atoms with van der Waals surface area (Å²) in [7, 11) is 1.63. The first-order chi connectivity index (χ1) is 16.9. The van der Waals surface area contributed by atoms with Gasteiger partial charge in [-0.2, -0.15) is 4.98 Å². The van der Waals surface area contributed by atoms with Gasteiger partial charge in [0.1, 0.15) is 5.75 Å². The number of unbranched alkanes of at least 4 members (excludes halogenated alkanes) is 2. The van der Waals surface area contributed by atoms with Crippen molar-refractivity contribution in [3.05, 3.63) is 60.0 Å². The predicted octanol–water partition coefficient (Wildman–Crippen LogP) is 4.64. The number of rotatable bonds is 13. The number of carbonyl (C=O) groups excluding carboxylic acids is 2. The fourth-order valence-corrected chi connectivity index (χ4v) is 3.97. The van der Waals surface area contributed by atoms with Gasteiger partial charge < -0.3 is 19.9 Å². The van der Waals surface area contributed by atoms with E-state index in [9.17, 15) is 9.59 Å². The molecule has 8 nitrogen and oxygen atoms in total. The SMILES string of the molecule is COc1ccc(-c2noc(CCCCCNC(=O)C(C)SCC(=O)Nc3ccc(C)cc3)n2)cc1. The third-order valence-corrected chi connectivity index (χ3v) is 6.49. The first kappa shape index (κ1) is 26.3. The molecule has 186 valence electrons. The number of methoxy groups -OCH3 is 1. The zero-order valence-corrected chi connectivity index (χ0v) is 21.2. The molecule has 0 bridgehead atoms. The predicted molar refractivity (Wildman–Crippen MR) is 139 cm³/mol. The van der Waals surface area contributed by atoms with E-state index in [4.69, 9.17) is 9.26 Å². The van der Waals surface area contributed by atoms with Crippen molar-refractivity contribution < 1.29 is 18.8 Å². The molecule has 1 unspecified atom stereocenters. The van der Waals surface area contributed by atoms with Crippen molar-refractivity contribution in [1.29, 1.82) is 0 Å². The van der Waals surface area contributed by atoms with Crippen molar-refractivity contribution in [3.63, 3.8) is 0 Å². The molecule has 0 aliphatic rings. The highest BCUT2D eigenvalue weighted by Gasteiger charge is 2.15. The fraction of sp³-hybridized carbons (Fsp3) is 0.385. The molecular formula is C26H32N4O4S. The third kappa shape index (κ3) is 8.75. The van der Waals surface area contributed by atoms with E-state index in [0.29, 0.717) is 24.7 Å². The average molecular weight is 497 g/mol. The third-order valence-electron chi connectivity index (χ3n) is 5.35. The smallest absolute Gasteiger partial charge is 0.234 e. The number of ether oxygens (including phenoxy) is 1. The van der Waals surface area contributed by atoms with Gasteiger partial charge in [-0.05, 0) is 63.1 Å². The Morgan fingerprint density at radius 3 is 2.51 bits per heavy atom. The zero-order chi connectivity index (χ0) is 25.0. The summed E-state index contributed by atoms with van der Waals surface area (Å²) < 4.78 is 10.5. The molecule has 0 saturated carbocycles. The summed E-state index contributed by atoms with van der Waals surface area (Å²) in [6.07, 6.45) is 3.38. The first-order valence-electron chi connectivity index (χ1n) is 11.7. The van der Waals surface area contributed by atoms with Gasteiger partial charge in [0.05, 0.1) is 18.1 Å². The Balaban J connectivity index is 1.26. The van der Waals surface area contributed by atoms with Crippen LogP contribution in [0.5, 0.6) is 5.75 Å². The number of aromatic nitrogens is 2. The molecule has 3 aromatic rings. The molecule has 2 amide bonds. The molecule has 0 aliphatic heterocycles. The molecule has 0 saturated heterocycles. The number of hydrogen-bond donors (Lipinski definition) is 2. The van der Waals surface area contributed by atoms with Crippen LogP contribution in [-0.2, 0) is 16.0 Å². The van der Waals surface area contributed by atoms with Crippen molar-refractivity contribution in [2.75, 3.05) is 24.7 Å². The quantitative estimate of drug-likeness (QED) is 0.332. The lowest BCUT2D eigenvalue weighted by Gasteiger charge is -2.12. The second-order valence-corrected chi connectivity index (χ2v) is 9.54. The summed E-state index contributed by atoms with van der Waals surface area (Å²) in [6, 6.07) is 15.1. The van der Waals surface area contributed by atoms with E-state index in [1.165, 1.54) is 11.8 Å². The Kier molecular flexibility index (Phi) is 10.2. The summed E-state index contributed by atoms with van der Waals surface area (Å²) in [4.78, 5) is 28.8. The lowest BCUT2D eigenvalue weighted by atomic mass is 10.2. The normalized spacial score (nSPS) is 11.6. The monoisotopic (exact) mass is 496 g/mol. The van der Waals surface area contributed by atoms with E-state index >= 15 is 0 Å². The molecule has 2 aromatic carbocycles. The maximum absolute atomic E-state index is 12.3. The van der Waals surface area contributed by atoms with Crippen molar-refractivity contribution in [2.24, 2.45) is 0 Å². The number of nitrogens with one attached hydrogen (secondary N) is 2. The minimum absolute atomic E-state index is 0.0563. The molecule has 1 atom stereocenters. The van der Waals surface area contributed by atoms with Crippen molar-refractivity contribution >= 4 is 29.3 Å². The first-order valence-corrected chi connectivity index (χ1v) is 12.7. The molecule has 0 spiro atoms. The highest BCUT2D eigenvalue weighted by atomic mass is 32.2. The molecule has 35 heavy (non-hydrogen) atoms. The van der Waals surface area contributed by atoms with Crippen LogP contribution in [0.1, 0.15) is 37.6 Å². The summed E-state index contributed by atoms with van der Waals surface area (Å²) in [5, 5.41) is 9.53. The minimum Gasteiger partial charge on any atom is -0.497 e. The van der Waals surface area contributed by atoms with Gasteiger partial charge in [0.15, 0.2) is 0 Å². The Morgan fingerprint density at radius 1 is 1.06 bits per heavy atom. The standard InChI is InChI=1S/C26H32N4O4S/c1-18-8-12-21(13-9-18)28-23(31)17-35-19(2)26(32)27-16-6-4-5-7-24-29-25(30-34-24)20-10-14-22(33-3)15-11-20/h8-15,19H,4-7,16-17H2,1-3H3,(H,27,32)(H,28,31). The highest BCUT2D eigenvalue weighted by molar-refractivity contribution is 8.01. The second kappa shape index (κ2) is 13.5. The Bertz CT molecular complexity index is 1080. The number of anilines is 1. The maximum Gasteiger partial charge on any atom is 0.234 e. The fourth-order valence-electron chi connectivity index (χ4n) is 3.26. The van der Waals surface area contributed by atoms with Crippen LogP contribution in [-0.4, -0.2) is 46.6 Å². The highest BCUT2D eigenvalue weighted by Crippen LogP contribution is 2.20. The number of hydrogen-bond acceptors (Lipinski definition) is 7. The summed E-state index contributed by atoms with van der Waals surface area (Å²) in [5.41, 5.74) is 2.77. The van der Waals surface area contributed by atoms with Crippen LogP contribution < -0.4 is 15.4 Å². The van der Waals surface area contributed by atoms with Gasteiger partial charge in [0, 0.05) is 24.2 Å². The molecule has 2 N–H and O–H groups in total. The van der Waals surface area contributed by atoms with Gasteiger partial charge in [0.2, 0.25) is 23.5 Å². The maximum atomic E-state index is 12.3. The van der Waals surface area contributed by atoms with Crippen LogP contribution >= 0.6 is 11.8 Å². The molecule has 0 aliphatic carbocycles. The van der Waals surface area contributed by atoms with Crippen LogP contribution in [0.3, 0.4) is 0 Å². The van der Waals surface area contributed by atoms with Crippen LogP contribution in [0.4, 0.5) is 5.69 Å². The van der Waals surface area contributed by atoms with Crippen molar-refractivity contribution in [3.8, 4) is 17.1 Å². The van der Waals surface area contributed by atoms with Gasteiger partial charge in [-0.3, -0.25) is 9.59 Å². The number of aryl methyl sites for hydroxylation is 2. The molecule has 1 aromatic heterocycles. The Morgan fingerprint density at radius 2 is 1.80 bits per heavy atom. The number of benzene rings is 2. The molecule has 1 heterocycles. The Hall–Kier alpha value is -3.33. The molecular weight excluding hydrogens is 464 g/mol. The van der Waals surface area contributed by atoms with Gasteiger partial charge in [-0.15, -0.1) is 11.8 Å². The van der Waals surface area contributed by atoms with E-state index in [2.05, 4.69) is 20.8 Å². The number of amides is 2. The van der Waals surface area contributed by atoms with E-state index in [1.807, 2.05) is 62.4 Å². The van der Waals surface area contributed by atoms with E-state index in [-0.39, 0.29) is 22.8 Å². The number of thioether (sulfide) groups is 1. The molecule has 3 rings (SSSR count). The van der Waals surface area contributed by atoms with Crippen LogP contribution in [0.15, 0.2) is 53.1 Å². The lowest BCUT2D eigenvalue weighted by molar-refractivity contribution is -0.120. The summed E-state index contributed by atoms with van der Waals surface area (Å²) in [5.74, 6) is 2.00. The average Bonchev–Trinajstić information content (AvgIpc) is 3.35. The topological polar surface area (TPSA) is 106 Å². The zero-order valence-electron chi connectivity index (χ0n) is 20.4.